The minimum atomic E-state index is 0.929. The van der Waals surface area contributed by atoms with Gasteiger partial charge in [0, 0.05) is 13.7 Å². The predicted octanol–water partition coefficient (Wildman–Crippen LogP) is 4.61. The average Bonchev–Trinajstić information content (AvgIpc) is 2.62. The fraction of sp³-hybridized carbons (Fsp3) is 0.714. The molecule has 3 nitrogen and oxygen atoms in total. The Labute approximate surface area is 151 Å². The molecule has 0 unspecified atom stereocenters. The molecule has 0 saturated carbocycles. The van der Waals surface area contributed by atoms with Crippen molar-refractivity contribution < 1.29 is 5.11 Å². The number of aryl methyl sites for hydroxylation is 1. The minimum absolute atomic E-state index is 0.929. The fourth-order valence-electron chi connectivity index (χ4n) is 2.64. The lowest BCUT2D eigenvalue weighted by molar-refractivity contribution is 0.185. The van der Waals surface area contributed by atoms with Crippen LogP contribution >= 0.6 is 0 Å². The van der Waals surface area contributed by atoms with Crippen molar-refractivity contribution >= 4 is 0 Å². The molecule has 24 heavy (non-hydrogen) atoms. The maximum absolute atomic E-state index is 7.00. The lowest BCUT2D eigenvalue weighted by atomic mass is 9.99. The predicted molar refractivity (Wildman–Crippen MR) is 108 cm³/mol. The molecule has 1 aliphatic heterocycles. The zero-order valence-electron chi connectivity index (χ0n) is 17.0. The fourth-order valence-corrected chi connectivity index (χ4v) is 2.64. The molecular formula is C21H42N2O. The van der Waals surface area contributed by atoms with Crippen molar-refractivity contribution in [2.45, 2.75) is 66.3 Å². The quantitative estimate of drug-likeness (QED) is 0.843. The van der Waals surface area contributed by atoms with Crippen LogP contribution in [-0.2, 0) is 6.54 Å². The van der Waals surface area contributed by atoms with E-state index in [2.05, 4.69) is 62.6 Å². The van der Waals surface area contributed by atoms with Crippen LogP contribution in [0.15, 0.2) is 24.3 Å². The minimum Gasteiger partial charge on any atom is -0.400 e. The second-order valence-electron chi connectivity index (χ2n) is 6.30. The molecule has 1 saturated heterocycles. The molecular weight excluding hydrogens is 296 g/mol. The summed E-state index contributed by atoms with van der Waals surface area (Å²) in [5, 5.41) is 7.00. The smallest absolute Gasteiger partial charge is 0.0319 e. The monoisotopic (exact) mass is 338 g/mol. The van der Waals surface area contributed by atoms with Crippen molar-refractivity contribution in [3.8, 4) is 0 Å². The lowest BCUT2D eigenvalue weighted by Gasteiger charge is -2.30. The molecule has 3 heteroatoms. The molecule has 0 spiro atoms. The normalized spacial score (nSPS) is 14.3. The highest BCUT2D eigenvalue weighted by atomic mass is 16.2. The number of benzene rings is 1. The number of rotatable bonds is 4. The standard InChI is InChI=1S/C14H21N.C5H12.CH5N.CH4O/c1-12-6-8-15(9-7-12)11-14-5-3-4-13(2)10-14;1-3-5-4-2;2*1-2/h3-5,10,12H,6-9,11H2,1-2H3;3-5H2,1-2H3;2H2,1H3;2H,1H3. The third-order valence-electron chi connectivity index (χ3n) is 4.07. The van der Waals surface area contributed by atoms with Crippen LogP contribution in [0.2, 0.25) is 0 Å². The Morgan fingerprint density at radius 2 is 1.62 bits per heavy atom. The van der Waals surface area contributed by atoms with Gasteiger partial charge in [0.2, 0.25) is 0 Å². The van der Waals surface area contributed by atoms with E-state index in [1.54, 1.807) is 0 Å². The third kappa shape index (κ3) is 13.5. The molecule has 1 fully saturated rings. The highest BCUT2D eigenvalue weighted by Gasteiger charge is 2.15. The van der Waals surface area contributed by atoms with E-state index in [-0.39, 0.29) is 0 Å². The van der Waals surface area contributed by atoms with Crippen LogP contribution in [0.5, 0.6) is 0 Å². The molecule has 0 bridgehead atoms. The summed E-state index contributed by atoms with van der Waals surface area (Å²) in [6.45, 7) is 12.6. The summed E-state index contributed by atoms with van der Waals surface area (Å²) in [4.78, 5) is 2.58. The Hall–Kier alpha value is -0.900. The van der Waals surface area contributed by atoms with Crippen molar-refractivity contribution in [1.82, 2.24) is 4.90 Å². The van der Waals surface area contributed by atoms with E-state index in [9.17, 15) is 0 Å². The van der Waals surface area contributed by atoms with Gasteiger partial charge in [-0.1, -0.05) is 69.9 Å². The Morgan fingerprint density at radius 3 is 2.04 bits per heavy atom. The zero-order chi connectivity index (χ0) is 18.8. The Morgan fingerprint density at radius 1 is 1.08 bits per heavy atom. The largest absolute Gasteiger partial charge is 0.400 e. The van der Waals surface area contributed by atoms with Gasteiger partial charge in [-0.15, -0.1) is 0 Å². The number of unbranched alkanes of at least 4 members (excludes halogenated alkanes) is 2. The Kier molecular flexibility index (Phi) is 19.5. The highest BCUT2D eigenvalue weighted by Crippen LogP contribution is 2.18. The van der Waals surface area contributed by atoms with Crippen LogP contribution in [0, 0.1) is 12.8 Å². The number of likely N-dealkylation sites (tertiary alicyclic amines) is 1. The van der Waals surface area contributed by atoms with Crippen molar-refractivity contribution in [2.75, 3.05) is 27.2 Å². The molecule has 0 aliphatic carbocycles. The van der Waals surface area contributed by atoms with E-state index in [1.807, 2.05) is 0 Å². The Bertz CT molecular complexity index is 359. The molecule has 1 aromatic rings. The van der Waals surface area contributed by atoms with Crippen molar-refractivity contribution in [2.24, 2.45) is 11.7 Å². The van der Waals surface area contributed by atoms with Crippen LogP contribution < -0.4 is 5.73 Å². The molecule has 1 aromatic carbocycles. The topological polar surface area (TPSA) is 49.5 Å². The van der Waals surface area contributed by atoms with E-state index < -0.39 is 0 Å². The summed E-state index contributed by atoms with van der Waals surface area (Å²) in [7, 11) is 2.50. The van der Waals surface area contributed by atoms with Crippen LogP contribution in [0.25, 0.3) is 0 Å². The highest BCUT2D eigenvalue weighted by molar-refractivity contribution is 5.22. The molecule has 1 heterocycles. The molecule has 0 aromatic heterocycles. The average molecular weight is 339 g/mol. The number of hydrogen-bond acceptors (Lipinski definition) is 3. The summed E-state index contributed by atoms with van der Waals surface area (Å²) in [5.74, 6) is 0.929. The Balaban J connectivity index is 0. The first-order valence-electron chi connectivity index (χ1n) is 9.46. The van der Waals surface area contributed by atoms with Gasteiger partial charge in [-0.25, -0.2) is 0 Å². The first-order chi connectivity index (χ1) is 11.7. The van der Waals surface area contributed by atoms with Gasteiger partial charge in [0.25, 0.3) is 0 Å². The molecule has 1 aliphatic rings. The van der Waals surface area contributed by atoms with Gasteiger partial charge in [0.05, 0.1) is 0 Å². The molecule has 2 rings (SSSR count). The van der Waals surface area contributed by atoms with Crippen molar-refractivity contribution in [3.05, 3.63) is 35.4 Å². The van der Waals surface area contributed by atoms with Crippen LogP contribution in [-0.4, -0.2) is 37.3 Å². The number of nitrogens with two attached hydrogens (primary N) is 1. The molecule has 3 N–H and O–H groups in total. The van der Waals surface area contributed by atoms with Gasteiger partial charge >= 0.3 is 0 Å². The molecule has 0 atom stereocenters. The maximum Gasteiger partial charge on any atom is 0.0319 e. The van der Waals surface area contributed by atoms with Crippen LogP contribution in [0.1, 0.15) is 64.0 Å². The second kappa shape index (κ2) is 18.4. The van der Waals surface area contributed by atoms with E-state index in [4.69, 9.17) is 5.11 Å². The second-order valence-corrected chi connectivity index (χ2v) is 6.30. The van der Waals surface area contributed by atoms with Gasteiger partial charge in [-0.3, -0.25) is 4.90 Å². The summed E-state index contributed by atoms with van der Waals surface area (Å²) >= 11 is 0. The van der Waals surface area contributed by atoms with E-state index in [1.165, 1.54) is 63.4 Å². The van der Waals surface area contributed by atoms with Gasteiger partial charge < -0.3 is 10.8 Å². The third-order valence-corrected chi connectivity index (χ3v) is 4.07. The first kappa shape index (κ1) is 25.3. The summed E-state index contributed by atoms with van der Waals surface area (Å²) in [6.07, 6.45) is 6.81. The van der Waals surface area contributed by atoms with Crippen molar-refractivity contribution in [3.63, 3.8) is 0 Å². The van der Waals surface area contributed by atoms with Crippen molar-refractivity contribution in [1.29, 1.82) is 0 Å². The van der Waals surface area contributed by atoms with Gasteiger partial charge in [-0.05, 0) is 51.4 Å². The molecule has 142 valence electrons. The van der Waals surface area contributed by atoms with Crippen LogP contribution in [0.3, 0.4) is 0 Å². The zero-order valence-corrected chi connectivity index (χ0v) is 17.0. The number of aliphatic hydroxyl groups is 1. The van der Waals surface area contributed by atoms with Crippen LogP contribution in [0.4, 0.5) is 0 Å². The SMILES string of the molecule is CCCCC.CN.CO.Cc1cccc(CN2CCC(C)CC2)c1. The van der Waals surface area contributed by atoms with Gasteiger partial charge in [0.15, 0.2) is 0 Å². The van der Waals surface area contributed by atoms with Gasteiger partial charge in [0.1, 0.15) is 0 Å². The molecule has 0 radical (unpaired) electrons. The number of aliphatic hydroxyl groups excluding tert-OH is 1. The molecule has 0 amide bonds. The summed E-state index contributed by atoms with van der Waals surface area (Å²) in [6, 6.07) is 8.88. The van der Waals surface area contributed by atoms with E-state index >= 15 is 0 Å². The van der Waals surface area contributed by atoms with E-state index in [0.29, 0.717) is 0 Å². The first-order valence-corrected chi connectivity index (χ1v) is 9.46. The van der Waals surface area contributed by atoms with E-state index in [0.717, 1.165) is 19.6 Å². The number of piperidine rings is 1. The number of nitrogens with zero attached hydrogens (tertiary/aromatic N) is 1. The van der Waals surface area contributed by atoms with Gasteiger partial charge in [-0.2, -0.15) is 0 Å². The summed E-state index contributed by atoms with van der Waals surface area (Å²) in [5.41, 5.74) is 7.34. The number of hydrogen-bond donors (Lipinski definition) is 2. The lowest BCUT2D eigenvalue weighted by Crippen LogP contribution is -2.32. The summed E-state index contributed by atoms with van der Waals surface area (Å²) < 4.78 is 0. The maximum atomic E-state index is 7.00.